The molecule has 0 aromatic heterocycles. The van der Waals surface area contributed by atoms with Crippen LogP contribution in [0.5, 0.6) is 5.75 Å². The van der Waals surface area contributed by atoms with Gasteiger partial charge in [-0.1, -0.05) is 26.3 Å². The van der Waals surface area contributed by atoms with E-state index in [1.807, 2.05) is 13.8 Å². The Balaban J connectivity index is 2.54. The normalized spacial score (nSPS) is 14.8. The van der Waals surface area contributed by atoms with E-state index in [9.17, 15) is 14.3 Å². The van der Waals surface area contributed by atoms with Crippen LogP contribution in [0.2, 0.25) is 0 Å². The molecule has 0 aliphatic rings. The lowest BCUT2D eigenvalue weighted by atomic mass is 10.0. The van der Waals surface area contributed by atoms with Gasteiger partial charge in [0.2, 0.25) is 0 Å². The molecule has 6 heteroatoms. The molecule has 1 aromatic rings. The van der Waals surface area contributed by atoms with Crippen molar-refractivity contribution >= 4 is 6.03 Å². The quantitative estimate of drug-likeness (QED) is 0.725. The van der Waals surface area contributed by atoms with Crippen LogP contribution in [0.1, 0.15) is 38.8 Å². The van der Waals surface area contributed by atoms with E-state index >= 15 is 0 Å². The number of methoxy groups -OCH3 is 1. The Hall–Kier alpha value is -1.82. The second kappa shape index (κ2) is 8.58. The molecule has 22 heavy (non-hydrogen) atoms. The highest BCUT2D eigenvalue weighted by molar-refractivity contribution is 5.74. The van der Waals surface area contributed by atoms with Gasteiger partial charge in [0.05, 0.1) is 19.3 Å². The van der Waals surface area contributed by atoms with Crippen LogP contribution in [0, 0.1) is 11.7 Å². The van der Waals surface area contributed by atoms with Gasteiger partial charge in [-0.3, -0.25) is 0 Å². The highest BCUT2D eigenvalue weighted by atomic mass is 19.1. The lowest BCUT2D eigenvalue weighted by Crippen LogP contribution is -2.42. The minimum absolute atomic E-state index is 0.124. The van der Waals surface area contributed by atoms with Crippen molar-refractivity contribution in [1.29, 1.82) is 0 Å². The molecule has 0 saturated carbocycles. The number of hydrogen-bond acceptors (Lipinski definition) is 3. The van der Waals surface area contributed by atoms with Crippen LogP contribution in [0.25, 0.3) is 0 Å². The van der Waals surface area contributed by atoms with Crippen molar-refractivity contribution in [3.63, 3.8) is 0 Å². The van der Waals surface area contributed by atoms with E-state index in [4.69, 9.17) is 4.74 Å². The minimum atomic E-state index is -0.572. The monoisotopic (exact) mass is 312 g/mol. The zero-order chi connectivity index (χ0) is 16.7. The molecule has 0 fully saturated rings. The number of rotatable bonds is 7. The Kier molecular flexibility index (Phi) is 7.11. The van der Waals surface area contributed by atoms with Crippen LogP contribution in [-0.2, 0) is 0 Å². The molecule has 3 atom stereocenters. The predicted molar refractivity (Wildman–Crippen MR) is 83.4 cm³/mol. The van der Waals surface area contributed by atoms with Gasteiger partial charge in [0, 0.05) is 6.54 Å². The van der Waals surface area contributed by atoms with Gasteiger partial charge in [-0.05, 0) is 30.5 Å². The first-order chi connectivity index (χ1) is 10.4. The summed E-state index contributed by atoms with van der Waals surface area (Å²) in [6, 6.07) is 3.76. The zero-order valence-electron chi connectivity index (χ0n) is 13.5. The molecule has 0 radical (unpaired) electrons. The van der Waals surface area contributed by atoms with Crippen molar-refractivity contribution < 1.29 is 19.0 Å². The molecular weight excluding hydrogens is 287 g/mol. The maximum atomic E-state index is 13.4. The molecule has 124 valence electrons. The summed E-state index contributed by atoms with van der Waals surface area (Å²) in [6.07, 6.45) is 0.271. The molecule has 0 saturated heterocycles. The Bertz CT molecular complexity index is 496. The smallest absolute Gasteiger partial charge is 0.315 e. The van der Waals surface area contributed by atoms with Crippen molar-refractivity contribution in [1.82, 2.24) is 10.6 Å². The summed E-state index contributed by atoms with van der Waals surface area (Å²) in [5.74, 6) is -0.183. The van der Waals surface area contributed by atoms with E-state index < -0.39 is 11.9 Å². The first kappa shape index (κ1) is 18.2. The van der Waals surface area contributed by atoms with Crippen LogP contribution in [-0.4, -0.2) is 30.9 Å². The molecular formula is C16H25FN2O3. The van der Waals surface area contributed by atoms with Gasteiger partial charge >= 0.3 is 6.03 Å². The van der Waals surface area contributed by atoms with Crippen LogP contribution in [0.15, 0.2) is 18.2 Å². The van der Waals surface area contributed by atoms with E-state index in [1.165, 1.54) is 13.2 Å². The largest absolute Gasteiger partial charge is 0.494 e. The van der Waals surface area contributed by atoms with Gasteiger partial charge in [-0.25, -0.2) is 9.18 Å². The van der Waals surface area contributed by atoms with Gasteiger partial charge in [0.15, 0.2) is 11.6 Å². The molecule has 0 heterocycles. The minimum Gasteiger partial charge on any atom is -0.494 e. The lowest BCUT2D eigenvalue weighted by molar-refractivity contribution is 0.114. The molecule has 0 spiro atoms. The standard InChI is InChI=1S/C16H25FN2O3/c1-5-10(2)14(20)9-18-16(21)19-11(3)12-6-7-13(17)15(8-12)22-4/h6-8,10-11,14,20H,5,9H2,1-4H3,(H2,18,19,21). The number of benzene rings is 1. The van der Waals surface area contributed by atoms with Gasteiger partial charge in [-0.15, -0.1) is 0 Å². The van der Waals surface area contributed by atoms with Crippen molar-refractivity contribution in [3.8, 4) is 5.75 Å². The predicted octanol–water partition coefficient (Wildman–Crippen LogP) is 2.60. The van der Waals surface area contributed by atoms with E-state index in [0.29, 0.717) is 0 Å². The van der Waals surface area contributed by atoms with Gasteiger partial charge < -0.3 is 20.5 Å². The fourth-order valence-electron chi connectivity index (χ4n) is 1.95. The first-order valence-corrected chi connectivity index (χ1v) is 7.44. The summed E-state index contributed by atoms with van der Waals surface area (Å²) in [4.78, 5) is 11.8. The molecule has 2 amide bonds. The molecule has 0 aliphatic heterocycles. The number of amides is 2. The summed E-state index contributed by atoms with van der Waals surface area (Å²) in [7, 11) is 1.39. The molecule has 1 aromatic carbocycles. The number of aliphatic hydroxyl groups excluding tert-OH is 1. The maximum Gasteiger partial charge on any atom is 0.315 e. The third kappa shape index (κ3) is 5.18. The second-order valence-corrected chi connectivity index (χ2v) is 5.42. The summed E-state index contributed by atoms with van der Waals surface area (Å²) in [6.45, 7) is 5.90. The Morgan fingerprint density at radius 2 is 2.09 bits per heavy atom. The number of hydrogen-bond donors (Lipinski definition) is 3. The van der Waals surface area contributed by atoms with Crippen LogP contribution >= 0.6 is 0 Å². The Morgan fingerprint density at radius 3 is 2.68 bits per heavy atom. The highest BCUT2D eigenvalue weighted by Crippen LogP contribution is 2.22. The number of nitrogens with one attached hydrogen (secondary N) is 2. The van der Waals surface area contributed by atoms with E-state index in [-0.39, 0.29) is 30.3 Å². The van der Waals surface area contributed by atoms with E-state index in [0.717, 1.165) is 12.0 Å². The van der Waals surface area contributed by atoms with Gasteiger partial charge in [-0.2, -0.15) is 0 Å². The number of halogens is 1. The molecule has 0 bridgehead atoms. The van der Waals surface area contributed by atoms with Crippen molar-refractivity contribution in [2.45, 2.75) is 39.3 Å². The highest BCUT2D eigenvalue weighted by Gasteiger charge is 2.15. The number of urea groups is 1. The van der Waals surface area contributed by atoms with E-state index in [2.05, 4.69) is 10.6 Å². The maximum absolute atomic E-state index is 13.4. The summed E-state index contributed by atoms with van der Waals surface area (Å²) in [5, 5.41) is 15.2. The van der Waals surface area contributed by atoms with Crippen LogP contribution in [0.4, 0.5) is 9.18 Å². The van der Waals surface area contributed by atoms with Crippen LogP contribution < -0.4 is 15.4 Å². The molecule has 3 N–H and O–H groups in total. The molecule has 0 aliphatic carbocycles. The average Bonchev–Trinajstić information content (AvgIpc) is 2.51. The summed E-state index contributed by atoms with van der Waals surface area (Å²) in [5.41, 5.74) is 0.732. The first-order valence-electron chi connectivity index (χ1n) is 7.44. The van der Waals surface area contributed by atoms with Gasteiger partial charge in [0.25, 0.3) is 0 Å². The second-order valence-electron chi connectivity index (χ2n) is 5.42. The molecule has 5 nitrogen and oxygen atoms in total. The summed E-state index contributed by atoms with van der Waals surface area (Å²) >= 11 is 0. The van der Waals surface area contributed by atoms with Crippen molar-refractivity contribution in [2.75, 3.05) is 13.7 Å². The third-order valence-corrected chi connectivity index (χ3v) is 3.80. The number of ether oxygens (including phenoxy) is 1. The Labute approximate surface area is 130 Å². The number of carbonyl (C=O) groups is 1. The van der Waals surface area contributed by atoms with Gasteiger partial charge in [0.1, 0.15) is 0 Å². The van der Waals surface area contributed by atoms with E-state index in [1.54, 1.807) is 19.1 Å². The third-order valence-electron chi connectivity index (χ3n) is 3.80. The Morgan fingerprint density at radius 1 is 1.41 bits per heavy atom. The zero-order valence-corrected chi connectivity index (χ0v) is 13.5. The fourth-order valence-corrected chi connectivity index (χ4v) is 1.95. The van der Waals surface area contributed by atoms with Crippen LogP contribution in [0.3, 0.4) is 0 Å². The topological polar surface area (TPSA) is 70.6 Å². The number of aliphatic hydroxyl groups is 1. The van der Waals surface area contributed by atoms with Crippen molar-refractivity contribution in [2.24, 2.45) is 5.92 Å². The van der Waals surface area contributed by atoms with Crippen molar-refractivity contribution in [3.05, 3.63) is 29.6 Å². The number of carbonyl (C=O) groups excluding carboxylic acids is 1. The fraction of sp³-hybridized carbons (Fsp3) is 0.562. The SMILES string of the molecule is CCC(C)C(O)CNC(=O)NC(C)c1ccc(F)c(OC)c1. The average molecular weight is 312 g/mol. The lowest BCUT2D eigenvalue weighted by Gasteiger charge is -2.20. The summed E-state index contributed by atoms with van der Waals surface area (Å²) < 4.78 is 18.3. The molecule has 1 rings (SSSR count). The molecule has 3 unspecified atom stereocenters.